The maximum atomic E-state index is 12.2. The van der Waals surface area contributed by atoms with Crippen LogP contribution >= 0.6 is 0 Å². The van der Waals surface area contributed by atoms with E-state index in [0.29, 0.717) is 25.9 Å². The molecule has 1 fully saturated rings. The molecule has 2 N–H and O–H groups in total. The lowest BCUT2D eigenvalue weighted by atomic mass is 9.66. The van der Waals surface area contributed by atoms with Crippen LogP contribution in [0.25, 0.3) is 0 Å². The average Bonchev–Trinajstić information content (AvgIpc) is 3.02. The fraction of sp³-hybridized carbons (Fsp3) is 0.412. The number of amides is 1. The third-order valence-corrected chi connectivity index (χ3v) is 4.66. The Morgan fingerprint density at radius 2 is 2.00 bits per heavy atom. The van der Waals surface area contributed by atoms with Crippen molar-refractivity contribution in [2.24, 2.45) is 5.41 Å². The van der Waals surface area contributed by atoms with Crippen LogP contribution in [0, 0.1) is 5.41 Å². The highest BCUT2D eigenvalue weighted by Crippen LogP contribution is 2.44. The Morgan fingerprint density at radius 1 is 1.25 bits per heavy atom. The number of hydrogen-bond donors (Lipinski definition) is 2. The van der Waals surface area contributed by atoms with E-state index >= 15 is 0 Å². The number of benzene rings is 1. The average molecular weight is 328 g/mol. The maximum absolute atomic E-state index is 12.2. The number of carbonyl (C=O) groups is 2. The molecule has 24 heavy (non-hydrogen) atoms. The van der Waals surface area contributed by atoms with E-state index < -0.39 is 11.4 Å². The highest BCUT2D eigenvalue weighted by Gasteiger charge is 2.45. The largest absolute Gasteiger partial charge is 0.481 e. The van der Waals surface area contributed by atoms with Gasteiger partial charge in [-0.25, -0.2) is 9.67 Å². The zero-order chi connectivity index (χ0) is 17.0. The van der Waals surface area contributed by atoms with E-state index in [2.05, 4.69) is 15.4 Å². The molecule has 3 rings (SSSR count). The smallest absolute Gasteiger partial charge is 0.310 e. The van der Waals surface area contributed by atoms with Crippen molar-refractivity contribution in [2.45, 2.75) is 38.8 Å². The standard InChI is InChI=1S/C17H20N4O3/c22-15(8-17(16(23)24)6-3-7-17)19-9-13-4-1-2-5-14(13)10-21-12-18-11-20-21/h1-2,4-5,11-12H,3,6-10H2,(H,19,22)(H,23,24). The molecule has 0 atom stereocenters. The van der Waals surface area contributed by atoms with Crippen LogP contribution in [0.2, 0.25) is 0 Å². The van der Waals surface area contributed by atoms with E-state index in [4.69, 9.17) is 0 Å². The first-order chi connectivity index (χ1) is 11.6. The van der Waals surface area contributed by atoms with Crippen molar-refractivity contribution in [1.29, 1.82) is 0 Å². The highest BCUT2D eigenvalue weighted by molar-refractivity contribution is 5.85. The van der Waals surface area contributed by atoms with Gasteiger partial charge in [-0.3, -0.25) is 9.59 Å². The van der Waals surface area contributed by atoms with Crippen LogP contribution in [-0.4, -0.2) is 31.7 Å². The molecule has 0 unspecified atom stereocenters. The molecule has 7 heteroatoms. The van der Waals surface area contributed by atoms with Gasteiger partial charge in [-0.05, 0) is 24.0 Å². The van der Waals surface area contributed by atoms with E-state index in [0.717, 1.165) is 17.5 Å². The summed E-state index contributed by atoms with van der Waals surface area (Å²) in [6.07, 6.45) is 5.21. The minimum absolute atomic E-state index is 0.0492. The second kappa shape index (κ2) is 6.82. The lowest BCUT2D eigenvalue weighted by Crippen LogP contribution is -2.42. The predicted octanol–water partition coefficient (Wildman–Crippen LogP) is 1.59. The minimum Gasteiger partial charge on any atom is -0.481 e. The fourth-order valence-corrected chi connectivity index (χ4v) is 3.01. The van der Waals surface area contributed by atoms with Crippen LogP contribution in [0.1, 0.15) is 36.8 Å². The Hall–Kier alpha value is -2.70. The molecular formula is C17H20N4O3. The number of carbonyl (C=O) groups excluding carboxylic acids is 1. The Balaban J connectivity index is 1.60. The summed E-state index contributed by atoms with van der Waals surface area (Å²) in [6, 6.07) is 7.78. The summed E-state index contributed by atoms with van der Waals surface area (Å²) >= 11 is 0. The van der Waals surface area contributed by atoms with Gasteiger partial charge in [0.15, 0.2) is 0 Å². The normalized spacial score (nSPS) is 15.5. The number of nitrogens with one attached hydrogen (secondary N) is 1. The number of rotatable bonds is 7. The molecule has 0 radical (unpaired) electrons. The quantitative estimate of drug-likeness (QED) is 0.804. The second-order valence-corrected chi connectivity index (χ2v) is 6.25. The van der Waals surface area contributed by atoms with Gasteiger partial charge in [0.1, 0.15) is 12.7 Å². The topological polar surface area (TPSA) is 97.1 Å². The molecule has 1 saturated carbocycles. The van der Waals surface area contributed by atoms with Crippen LogP contribution in [0.15, 0.2) is 36.9 Å². The van der Waals surface area contributed by atoms with Crippen molar-refractivity contribution >= 4 is 11.9 Å². The summed E-state index contributed by atoms with van der Waals surface area (Å²) in [4.78, 5) is 27.4. The van der Waals surface area contributed by atoms with Gasteiger partial charge in [0, 0.05) is 13.0 Å². The van der Waals surface area contributed by atoms with E-state index in [1.165, 1.54) is 6.33 Å². The molecule has 2 aromatic rings. The van der Waals surface area contributed by atoms with Crippen LogP contribution in [0.4, 0.5) is 0 Å². The van der Waals surface area contributed by atoms with Crippen molar-refractivity contribution in [1.82, 2.24) is 20.1 Å². The lowest BCUT2D eigenvalue weighted by Gasteiger charge is -2.36. The van der Waals surface area contributed by atoms with Crippen molar-refractivity contribution in [3.05, 3.63) is 48.0 Å². The molecule has 1 aliphatic carbocycles. The number of nitrogens with zero attached hydrogens (tertiary/aromatic N) is 3. The van der Waals surface area contributed by atoms with Crippen molar-refractivity contribution in [3.8, 4) is 0 Å². The van der Waals surface area contributed by atoms with E-state index in [9.17, 15) is 14.7 Å². The second-order valence-electron chi connectivity index (χ2n) is 6.25. The first-order valence-corrected chi connectivity index (χ1v) is 7.98. The summed E-state index contributed by atoms with van der Waals surface area (Å²) in [5, 5.41) is 16.2. The summed E-state index contributed by atoms with van der Waals surface area (Å²) in [5.41, 5.74) is 1.17. The molecular weight excluding hydrogens is 308 g/mol. The van der Waals surface area contributed by atoms with Crippen LogP contribution in [-0.2, 0) is 22.7 Å². The third kappa shape index (κ3) is 3.45. The molecule has 126 valence electrons. The maximum Gasteiger partial charge on any atom is 0.310 e. The molecule has 1 amide bonds. The molecule has 1 aromatic carbocycles. The fourth-order valence-electron chi connectivity index (χ4n) is 3.01. The molecule has 7 nitrogen and oxygen atoms in total. The highest BCUT2D eigenvalue weighted by atomic mass is 16.4. The van der Waals surface area contributed by atoms with Crippen molar-refractivity contribution in [3.63, 3.8) is 0 Å². The Kier molecular flexibility index (Phi) is 4.59. The van der Waals surface area contributed by atoms with Gasteiger partial charge in [-0.15, -0.1) is 0 Å². The number of aliphatic carboxylic acids is 1. The van der Waals surface area contributed by atoms with E-state index in [1.54, 1.807) is 11.0 Å². The summed E-state index contributed by atoms with van der Waals surface area (Å²) in [5.74, 6) is -1.08. The zero-order valence-electron chi connectivity index (χ0n) is 13.3. The Bertz CT molecular complexity index is 723. The van der Waals surface area contributed by atoms with Crippen molar-refractivity contribution < 1.29 is 14.7 Å². The SMILES string of the molecule is O=C(CC1(C(=O)O)CCC1)NCc1ccccc1Cn1cncn1. The van der Waals surface area contributed by atoms with Gasteiger partial charge in [0.25, 0.3) is 0 Å². The zero-order valence-corrected chi connectivity index (χ0v) is 13.3. The van der Waals surface area contributed by atoms with E-state index in [-0.39, 0.29) is 12.3 Å². The minimum atomic E-state index is -0.865. The van der Waals surface area contributed by atoms with Gasteiger partial charge < -0.3 is 10.4 Å². The van der Waals surface area contributed by atoms with Crippen molar-refractivity contribution in [2.75, 3.05) is 0 Å². The predicted molar refractivity (Wildman–Crippen MR) is 85.9 cm³/mol. The molecule has 1 heterocycles. The van der Waals surface area contributed by atoms with Crippen LogP contribution in [0.5, 0.6) is 0 Å². The molecule has 1 aliphatic rings. The van der Waals surface area contributed by atoms with E-state index in [1.807, 2.05) is 24.3 Å². The Labute approximate surface area is 139 Å². The number of aromatic nitrogens is 3. The first-order valence-electron chi connectivity index (χ1n) is 7.98. The molecule has 0 aliphatic heterocycles. The molecule has 0 spiro atoms. The molecule has 0 bridgehead atoms. The third-order valence-electron chi connectivity index (χ3n) is 4.66. The van der Waals surface area contributed by atoms with Gasteiger partial charge in [-0.1, -0.05) is 30.7 Å². The number of carboxylic acid groups (broad SMARTS) is 1. The number of hydrogen-bond acceptors (Lipinski definition) is 4. The van der Waals surface area contributed by atoms with Gasteiger partial charge >= 0.3 is 5.97 Å². The first kappa shape index (κ1) is 16.2. The number of carboxylic acids is 1. The lowest BCUT2D eigenvalue weighted by molar-refractivity contribution is -0.157. The summed E-state index contributed by atoms with van der Waals surface area (Å²) in [7, 11) is 0. The Morgan fingerprint density at radius 3 is 2.58 bits per heavy atom. The molecule has 1 aromatic heterocycles. The van der Waals surface area contributed by atoms with Gasteiger partial charge in [0.05, 0.1) is 12.0 Å². The van der Waals surface area contributed by atoms with Crippen LogP contribution in [0.3, 0.4) is 0 Å². The summed E-state index contributed by atoms with van der Waals surface area (Å²) < 4.78 is 1.72. The van der Waals surface area contributed by atoms with Gasteiger partial charge in [0.2, 0.25) is 5.91 Å². The molecule has 0 saturated heterocycles. The van der Waals surface area contributed by atoms with Gasteiger partial charge in [-0.2, -0.15) is 5.10 Å². The van der Waals surface area contributed by atoms with Crippen LogP contribution < -0.4 is 5.32 Å². The monoisotopic (exact) mass is 328 g/mol. The summed E-state index contributed by atoms with van der Waals surface area (Å²) in [6.45, 7) is 0.949.